The highest BCUT2D eigenvalue weighted by molar-refractivity contribution is 7.99. The second kappa shape index (κ2) is 7.89. The van der Waals surface area contributed by atoms with Crippen LogP contribution in [0.3, 0.4) is 0 Å². The van der Waals surface area contributed by atoms with Crippen LogP contribution in [0.4, 0.5) is 0 Å². The number of hydrogen-bond donors (Lipinski definition) is 1. The molecule has 0 saturated heterocycles. The van der Waals surface area contributed by atoms with Crippen molar-refractivity contribution < 1.29 is 0 Å². The molecular weight excluding hydrogens is 352 g/mol. The Morgan fingerprint density at radius 1 is 1.04 bits per heavy atom. The number of rotatable bonds is 4. The zero-order valence-electron chi connectivity index (χ0n) is 16.0. The summed E-state index contributed by atoms with van der Waals surface area (Å²) in [5, 5.41) is 3.65. The van der Waals surface area contributed by atoms with E-state index >= 15 is 0 Å². The number of hydrogen-bond acceptors (Lipinski definition) is 3. The number of H-pyrrole nitrogens is 1. The SMILES string of the molecule is CC(C)c1c(-c2cccc3ccccc23)nc(SC2CCCCC2)[nH]c1=O. The molecule has 0 spiro atoms. The third kappa shape index (κ3) is 3.81. The van der Waals surface area contributed by atoms with Gasteiger partial charge in [0.1, 0.15) is 0 Å². The molecule has 4 rings (SSSR count). The van der Waals surface area contributed by atoms with Crippen molar-refractivity contribution >= 4 is 22.5 Å². The molecule has 0 atom stereocenters. The normalized spacial score (nSPS) is 15.5. The van der Waals surface area contributed by atoms with Gasteiger partial charge in [-0.3, -0.25) is 4.79 Å². The number of nitrogens with one attached hydrogen (secondary N) is 1. The summed E-state index contributed by atoms with van der Waals surface area (Å²) in [6.07, 6.45) is 6.31. The predicted octanol–water partition coefficient (Wildman–Crippen LogP) is 6.14. The Hall–Kier alpha value is -2.07. The van der Waals surface area contributed by atoms with Gasteiger partial charge in [-0.25, -0.2) is 4.98 Å². The third-order valence-electron chi connectivity index (χ3n) is 5.39. The van der Waals surface area contributed by atoms with Gasteiger partial charge in [0.25, 0.3) is 5.56 Å². The van der Waals surface area contributed by atoms with Crippen LogP contribution in [-0.2, 0) is 0 Å². The van der Waals surface area contributed by atoms with Crippen LogP contribution in [0, 0.1) is 0 Å². The number of fused-ring (bicyclic) bond motifs is 1. The van der Waals surface area contributed by atoms with Crippen LogP contribution < -0.4 is 5.56 Å². The van der Waals surface area contributed by atoms with Crippen LogP contribution in [0.2, 0.25) is 0 Å². The van der Waals surface area contributed by atoms with Crippen LogP contribution in [0.25, 0.3) is 22.0 Å². The zero-order valence-corrected chi connectivity index (χ0v) is 16.8. The van der Waals surface area contributed by atoms with E-state index in [-0.39, 0.29) is 11.5 Å². The van der Waals surface area contributed by atoms with Gasteiger partial charge in [0.15, 0.2) is 5.16 Å². The van der Waals surface area contributed by atoms with Crippen LogP contribution in [0.15, 0.2) is 52.4 Å². The van der Waals surface area contributed by atoms with Crippen molar-refractivity contribution in [3.8, 4) is 11.3 Å². The summed E-state index contributed by atoms with van der Waals surface area (Å²) in [7, 11) is 0. The van der Waals surface area contributed by atoms with Gasteiger partial charge in [-0.15, -0.1) is 0 Å². The first-order valence-electron chi connectivity index (χ1n) is 9.92. The van der Waals surface area contributed by atoms with Crippen LogP contribution >= 0.6 is 11.8 Å². The molecular formula is C23H26N2OS. The maximum Gasteiger partial charge on any atom is 0.255 e. The first-order chi connectivity index (χ1) is 13.1. The fourth-order valence-electron chi connectivity index (χ4n) is 4.03. The van der Waals surface area contributed by atoms with E-state index in [1.54, 1.807) is 11.8 Å². The Kier molecular flexibility index (Phi) is 5.35. The van der Waals surface area contributed by atoms with Crippen LogP contribution in [0.1, 0.15) is 57.4 Å². The van der Waals surface area contributed by atoms with Crippen molar-refractivity contribution in [3.63, 3.8) is 0 Å². The third-order valence-corrected chi connectivity index (χ3v) is 6.61. The highest BCUT2D eigenvalue weighted by Crippen LogP contribution is 2.35. The number of aromatic nitrogens is 2. The van der Waals surface area contributed by atoms with E-state index < -0.39 is 0 Å². The smallest absolute Gasteiger partial charge is 0.255 e. The Morgan fingerprint density at radius 3 is 2.56 bits per heavy atom. The lowest BCUT2D eigenvalue weighted by atomic mass is 9.95. The van der Waals surface area contributed by atoms with Gasteiger partial charge >= 0.3 is 0 Å². The van der Waals surface area contributed by atoms with Crippen LogP contribution in [-0.4, -0.2) is 15.2 Å². The van der Waals surface area contributed by atoms with Gasteiger partial charge in [0.05, 0.1) is 5.69 Å². The average Bonchev–Trinajstić information content (AvgIpc) is 2.67. The van der Waals surface area contributed by atoms with Crippen molar-refractivity contribution in [1.82, 2.24) is 9.97 Å². The summed E-state index contributed by atoms with van der Waals surface area (Å²) in [5.74, 6) is 0.115. The Labute approximate surface area is 164 Å². The molecule has 1 aliphatic rings. The largest absolute Gasteiger partial charge is 0.301 e. The molecule has 27 heavy (non-hydrogen) atoms. The molecule has 1 aromatic heterocycles. The first-order valence-corrected chi connectivity index (χ1v) is 10.8. The molecule has 4 heteroatoms. The quantitative estimate of drug-likeness (QED) is 0.555. The fourth-order valence-corrected chi connectivity index (χ4v) is 5.21. The molecule has 1 N–H and O–H groups in total. The predicted molar refractivity (Wildman–Crippen MR) is 115 cm³/mol. The lowest BCUT2D eigenvalue weighted by molar-refractivity contribution is 0.515. The Morgan fingerprint density at radius 2 is 1.78 bits per heavy atom. The van der Waals surface area contributed by atoms with Gasteiger partial charge in [-0.2, -0.15) is 0 Å². The summed E-state index contributed by atoms with van der Waals surface area (Å²) in [4.78, 5) is 21.0. The molecule has 1 fully saturated rings. The summed E-state index contributed by atoms with van der Waals surface area (Å²) < 4.78 is 0. The summed E-state index contributed by atoms with van der Waals surface area (Å²) in [6, 6.07) is 14.6. The monoisotopic (exact) mass is 378 g/mol. The average molecular weight is 379 g/mol. The van der Waals surface area contributed by atoms with Crippen molar-refractivity contribution in [2.45, 2.75) is 62.3 Å². The van der Waals surface area contributed by atoms with E-state index in [9.17, 15) is 4.79 Å². The van der Waals surface area contributed by atoms with Crippen LogP contribution in [0.5, 0.6) is 0 Å². The van der Waals surface area contributed by atoms with E-state index in [1.807, 2.05) is 12.1 Å². The molecule has 0 unspecified atom stereocenters. The minimum Gasteiger partial charge on any atom is -0.301 e. The lowest BCUT2D eigenvalue weighted by Crippen LogP contribution is -2.19. The number of thioether (sulfide) groups is 1. The Bertz CT molecular complexity index is 997. The topological polar surface area (TPSA) is 45.8 Å². The molecule has 0 aliphatic heterocycles. The van der Waals surface area contributed by atoms with E-state index in [4.69, 9.17) is 4.98 Å². The second-order valence-corrected chi connectivity index (χ2v) is 8.98. The molecule has 0 bridgehead atoms. The maximum atomic E-state index is 12.9. The highest BCUT2D eigenvalue weighted by atomic mass is 32.2. The molecule has 2 aromatic carbocycles. The fraction of sp³-hybridized carbons (Fsp3) is 0.391. The molecule has 1 aliphatic carbocycles. The first kappa shape index (κ1) is 18.3. The van der Waals surface area contributed by atoms with Gasteiger partial charge in [0, 0.05) is 16.4 Å². The molecule has 3 nitrogen and oxygen atoms in total. The molecule has 0 amide bonds. The second-order valence-electron chi connectivity index (χ2n) is 7.69. The molecule has 1 heterocycles. The van der Waals surface area contributed by atoms with Gasteiger partial charge < -0.3 is 4.98 Å². The highest BCUT2D eigenvalue weighted by Gasteiger charge is 2.21. The summed E-state index contributed by atoms with van der Waals surface area (Å²) in [5.41, 5.74) is 2.66. The van der Waals surface area contributed by atoms with E-state index in [0.717, 1.165) is 27.4 Å². The van der Waals surface area contributed by atoms with Crippen molar-refractivity contribution in [1.29, 1.82) is 0 Å². The Balaban J connectivity index is 1.85. The lowest BCUT2D eigenvalue weighted by Gasteiger charge is -2.21. The minimum atomic E-state index is 0.00115. The number of benzene rings is 2. The van der Waals surface area contributed by atoms with E-state index in [0.29, 0.717) is 5.25 Å². The van der Waals surface area contributed by atoms with Gasteiger partial charge in [-0.1, -0.05) is 87.3 Å². The maximum absolute atomic E-state index is 12.9. The van der Waals surface area contributed by atoms with Gasteiger partial charge in [0.2, 0.25) is 0 Å². The molecule has 1 saturated carbocycles. The van der Waals surface area contributed by atoms with Crippen molar-refractivity contribution in [3.05, 3.63) is 58.4 Å². The summed E-state index contributed by atoms with van der Waals surface area (Å²) in [6.45, 7) is 4.13. The number of nitrogens with zero attached hydrogens (tertiary/aromatic N) is 1. The molecule has 0 radical (unpaired) electrons. The summed E-state index contributed by atoms with van der Waals surface area (Å²) >= 11 is 1.75. The van der Waals surface area contributed by atoms with E-state index in [1.165, 1.54) is 37.5 Å². The molecule has 140 valence electrons. The van der Waals surface area contributed by atoms with Crippen molar-refractivity contribution in [2.75, 3.05) is 0 Å². The standard InChI is InChI=1S/C23H26N2OS/c1-15(2)20-21(19-14-8-10-16-9-6-7-13-18(16)19)24-23(25-22(20)26)27-17-11-4-3-5-12-17/h6-10,13-15,17H,3-5,11-12H2,1-2H3,(H,24,25,26). The van der Waals surface area contributed by atoms with Crippen molar-refractivity contribution in [2.24, 2.45) is 0 Å². The molecule has 3 aromatic rings. The van der Waals surface area contributed by atoms with E-state index in [2.05, 4.69) is 49.2 Å². The van der Waals surface area contributed by atoms with Gasteiger partial charge in [-0.05, 0) is 29.5 Å². The minimum absolute atomic E-state index is 0.00115. The zero-order chi connectivity index (χ0) is 18.8. The number of aromatic amines is 1.